The third kappa shape index (κ3) is 7.47. The molecule has 0 saturated heterocycles. The summed E-state index contributed by atoms with van der Waals surface area (Å²) in [6.07, 6.45) is 8.20. The van der Waals surface area contributed by atoms with Crippen LogP contribution in [0.1, 0.15) is 50.9 Å². The molecule has 5 nitrogen and oxygen atoms in total. The molecule has 0 spiro atoms. The highest BCUT2D eigenvalue weighted by atomic mass is 35.5. The Labute approximate surface area is 213 Å². The van der Waals surface area contributed by atoms with E-state index >= 15 is 0 Å². The molecule has 0 unspecified atom stereocenters. The van der Waals surface area contributed by atoms with Gasteiger partial charge in [-0.1, -0.05) is 29.8 Å². The Hall–Kier alpha value is -2.05. The number of hydrogen-bond donors (Lipinski definition) is 2. The van der Waals surface area contributed by atoms with Crippen LogP contribution in [0.2, 0.25) is 5.02 Å². The third-order valence-electron chi connectivity index (χ3n) is 5.46. The van der Waals surface area contributed by atoms with Crippen LogP contribution in [-0.4, -0.2) is 28.2 Å². The molecule has 1 saturated carbocycles. The van der Waals surface area contributed by atoms with Gasteiger partial charge in [-0.2, -0.15) is 0 Å². The second kappa shape index (κ2) is 12.4. The van der Waals surface area contributed by atoms with Crippen molar-refractivity contribution >= 4 is 65.3 Å². The molecular weight excluding hydrogens is 479 g/mol. The number of nitrogens with two attached hydrogens (primary N) is 1. The lowest BCUT2D eigenvalue weighted by molar-refractivity contribution is 0.243. The van der Waals surface area contributed by atoms with Crippen LogP contribution in [0.5, 0.6) is 5.75 Å². The fourth-order valence-corrected chi connectivity index (χ4v) is 3.98. The maximum atomic E-state index is 6.09. The standard InChI is InChI=1S/C25H29ClN4O.2ClH/c1-16(2)31-21-12-13-23-22(15-21)25(28-20-10-8-19(27)9-11-20)30-24(29-23)14-5-17-3-6-18(26)7-4-17;;/h3-7,12-16,19-20H,8-11,27H2,1-2H3,(H,28,29,30);2*1H/b14-5+;;. The Bertz CT molecular complexity index is 1070. The van der Waals surface area contributed by atoms with Crippen molar-refractivity contribution in [2.24, 2.45) is 5.73 Å². The van der Waals surface area contributed by atoms with E-state index in [1.807, 2.05) is 68.5 Å². The Balaban J connectivity index is 0.00000193. The molecule has 1 aliphatic carbocycles. The number of nitrogens with zero attached hydrogens (tertiary/aromatic N) is 2. The van der Waals surface area contributed by atoms with Gasteiger partial charge < -0.3 is 15.8 Å². The molecule has 1 aromatic heterocycles. The Morgan fingerprint density at radius 2 is 1.70 bits per heavy atom. The summed E-state index contributed by atoms with van der Waals surface area (Å²) in [4.78, 5) is 9.60. The van der Waals surface area contributed by atoms with Crippen LogP contribution >= 0.6 is 36.4 Å². The monoisotopic (exact) mass is 508 g/mol. The average Bonchev–Trinajstić information content (AvgIpc) is 2.75. The van der Waals surface area contributed by atoms with Gasteiger partial charge in [0.2, 0.25) is 0 Å². The summed E-state index contributed by atoms with van der Waals surface area (Å²) < 4.78 is 5.90. The van der Waals surface area contributed by atoms with Crippen molar-refractivity contribution < 1.29 is 4.74 Å². The average molecular weight is 510 g/mol. The van der Waals surface area contributed by atoms with Gasteiger partial charge >= 0.3 is 0 Å². The van der Waals surface area contributed by atoms with Gasteiger partial charge in [0.25, 0.3) is 0 Å². The predicted molar refractivity (Wildman–Crippen MR) is 144 cm³/mol. The molecule has 0 aliphatic heterocycles. The number of nitrogens with one attached hydrogen (secondary N) is 1. The highest BCUT2D eigenvalue weighted by Crippen LogP contribution is 2.29. The van der Waals surface area contributed by atoms with E-state index in [1.54, 1.807) is 0 Å². The Kier molecular flexibility index (Phi) is 10.2. The van der Waals surface area contributed by atoms with E-state index in [1.165, 1.54) is 0 Å². The van der Waals surface area contributed by atoms with Gasteiger partial charge in [0.15, 0.2) is 5.82 Å². The van der Waals surface area contributed by atoms with Crippen LogP contribution in [0.15, 0.2) is 42.5 Å². The minimum Gasteiger partial charge on any atom is -0.491 e. The first-order valence-corrected chi connectivity index (χ1v) is 11.3. The fourth-order valence-electron chi connectivity index (χ4n) is 3.86. The third-order valence-corrected chi connectivity index (χ3v) is 5.72. The van der Waals surface area contributed by atoms with Gasteiger partial charge in [0.1, 0.15) is 11.6 Å². The lowest BCUT2D eigenvalue weighted by Gasteiger charge is -2.27. The smallest absolute Gasteiger partial charge is 0.154 e. The summed E-state index contributed by atoms with van der Waals surface area (Å²) >= 11 is 5.99. The van der Waals surface area contributed by atoms with Crippen LogP contribution in [-0.2, 0) is 0 Å². The zero-order valence-electron chi connectivity index (χ0n) is 18.8. The minimum absolute atomic E-state index is 0. The lowest BCUT2D eigenvalue weighted by Crippen LogP contribution is -2.33. The Morgan fingerprint density at radius 1 is 1.00 bits per heavy atom. The van der Waals surface area contributed by atoms with Crippen molar-refractivity contribution in [2.45, 2.75) is 57.7 Å². The maximum absolute atomic E-state index is 6.09. The van der Waals surface area contributed by atoms with E-state index in [9.17, 15) is 0 Å². The van der Waals surface area contributed by atoms with E-state index in [2.05, 4.69) is 5.32 Å². The first kappa shape index (κ1) is 27.2. The van der Waals surface area contributed by atoms with Crippen molar-refractivity contribution in [1.29, 1.82) is 0 Å². The topological polar surface area (TPSA) is 73.1 Å². The predicted octanol–water partition coefficient (Wildman–Crippen LogP) is 6.77. The summed E-state index contributed by atoms with van der Waals surface area (Å²) in [6.45, 7) is 4.05. The molecule has 3 aromatic rings. The molecule has 1 fully saturated rings. The highest BCUT2D eigenvalue weighted by molar-refractivity contribution is 6.30. The van der Waals surface area contributed by atoms with Crippen molar-refractivity contribution in [3.63, 3.8) is 0 Å². The van der Waals surface area contributed by atoms with Gasteiger partial charge in [-0.15, -0.1) is 24.8 Å². The van der Waals surface area contributed by atoms with E-state index in [-0.39, 0.29) is 30.9 Å². The fraction of sp³-hybridized carbons (Fsp3) is 0.360. The second-order valence-electron chi connectivity index (χ2n) is 8.42. The SMILES string of the molecule is CC(C)Oc1ccc2nc(/C=C/c3ccc(Cl)cc3)nc(NC3CCC(N)CC3)c2c1.Cl.Cl. The number of hydrogen-bond acceptors (Lipinski definition) is 5. The number of ether oxygens (including phenoxy) is 1. The lowest BCUT2D eigenvalue weighted by atomic mass is 9.92. The van der Waals surface area contributed by atoms with Gasteiger partial charge in [-0.25, -0.2) is 9.97 Å². The van der Waals surface area contributed by atoms with Gasteiger partial charge in [-0.05, 0) is 81.5 Å². The molecule has 4 rings (SSSR count). The summed E-state index contributed by atoms with van der Waals surface area (Å²) in [7, 11) is 0. The first-order valence-electron chi connectivity index (χ1n) is 10.9. The molecule has 0 radical (unpaired) electrons. The highest BCUT2D eigenvalue weighted by Gasteiger charge is 2.20. The first-order chi connectivity index (χ1) is 15.0. The molecular formula is C25H31Cl3N4O. The summed E-state index contributed by atoms with van der Waals surface area (Å²) in [6, 6.07) is 14.4. The molecule has 0 atom stereocenters. The molecule has 0 amide bonds. The summed E-state index contributed by atoms with van der Waals surface area (Å²) in [5.74, 6) is 2.33. The molecule has 2 aromatic carbocycles. The second-order valence-corrected chi connectivity index (χ2v) is 8.85. The van der Waals surface area contributed by atoms with Crippen molar-refractivity contribution in [3.8, 4) is 5.75 Å². The number of halogens is 3. The zero-order valence-corrected chi connectivity index (χ0v) is 21.2. The quantitative estimate of drug-likeness (QED) is 0.384. The molecule has 3 N–H and O–H groups in total. The van der Waals surface area contributed by atoms with Gasteiger partial charge in [0, 0.05) is 22.5 Å². The van der Waals surface area contributed by atoms with E-state index in [0.717, 1.165) is 58.7 Å². The summed E-state index contributed by atoms with van der Waals surface area (Å²) in [5.41, 5.74) is 8.02. The van der Waals surface area contributed by atoms with Crippen LogP contribution < -0.4 is 15.8 Å². The van der Waals surface area contributed by atoms with E-state index < -0.39 is 0 Å². The Morgan fingerprint density at radius 3 is 2.36 bits per heavy atom. The molecule has 33 heavy (non-hydrogen) atoms. The van der Waals surface area contributed by atoms with Crippen LogP contribution in [0.25, 0.3) is 23.1 Å². The molecule has 0 bridgehead atoms. The van der Waals surface area contributed by atoms with Crippen LogP contribution in [0.4, 0.5) is 5.82 Å². The minimum atomic E-state index is 0. The zero-order chi connectivity index (χ0) is 21.8. The number of fused-ring (bicyclic) bond motifs is 1. The van der Waals surface area contributed by atoms with Crippen molar-refractivity contribution in [3.05, 3.63) is 58.9 Å². The van der Waals surface area contributed by atoms with E-state index in [4.69, 9.17) is 32.0 Å². The molecule has 1 aliphatic rings. The largest absolute Gasteiger partial charge is 0.491 e. The van der Waals surface area contributed by atoms with Crippen molar-refractivity contribution in [2.75, 3.05) is 5.32 Å². The molecule has 178 valence electrons. The summed E-state index contributed by atoms with van der Waals surface area (Å²) in [5, 5.41) is 5.35. The molecule has 1 heterocycles. The van der Waals surface area contributed by atoms with Crippen molar-refractivity contribution in [1.82, 2.24) is 9.97 Å². The number of anilines is 1. The van der Waals surface area contributed by atoms with Gasteiger partial charge in [-0.3, -0.25) is 0 Å². The van der Waals surface area contributed by atoms with E-state index in [0.29, 0.717) is 17.9 Å². The van der Waals surface area contributed by atoms with Crippen LogP contribution in [0.3, 0.4) is 0 Å². The maximum Gasteiger partial charge on any atom is 0.154 e. The number of benzene rings is 2. The number of aromatic nitrogens is 2. The van der Waals surface area contributed by atoms with Crippen LogP contribution in [0, 0.1) is 0 Å². The normalized spacial score (nSPS) is 18.1. The number of rotatable bonds is 6. The van der Waals surface area contributed by atoms with Gasteiger partial charge in [0.05, 0.1) is 11.6 Å². The molecule has 8 heteroatoms.